The largest absolute Gasteiger partial charge is 0.497 e. The first-order chi connectivity index (χ1) is 13.3. The molecule has 0 atom stereocenters. The Morgan fingerprint density at radius 3 is 2.39 bits per heavy atom. The molecule has 146 valence electrons. The fourth-order valence-corrected chi connectivity index (χ4v) is 2.75. The molecule has 28 heavy (non-hydrogen) atoms. The summed E-state index contributed by atoms with van der Waals surface area (Å²) in [5.74, 6) is 1.32. The minimum atomic E-state index is -0.588. The van der Waals surface area contributed by atoms with Crippen molar-refractivity contribution >= 4 is 22.6 Å². The van der Waals surface area contributed by atoms with Crippen molar-refractivity contribution in [1.82, 2.24) is 0 Å². The highest BCUT2D eigenvalue weighted by Gasteiger charge is 2.18. The highest BCUT2D eigenvalue weighted by atomic mass is 16.6. The number of carbonyl (C=O) groups excluding carboxylic acids is 1. The topological polar surface area (TPSA) is 56.8 Å². The first kappa shape index (κ1) is 19.5. The Balaban J connectivity index is 1.92. The first-order valence-corrected chi connectivity index (χ1v) is 9.12. The zero-order chi connectivity index (χ0) is 20.1. The number of hydrogen-bond donors (Lipinski definition) is 1. The number of fused-ring (bicyclic) bond motifs is 1. The third kappa shape index (κ3) is 5.16. The summed E-state index contributed by atoms with van der Waals surface area (Å²) in [5.41, 5.74) is 1.00. The predicted molar refractivity (Wildman–Crippen MR) is 111 cm³/mol. The van der Waals surface area contributed by atoms with Crippen molar-refractivity contribution in [2.45, 2.75) is 33.0 Å². The number of hydrogen-bond acceptors (Lipinski definition) is 4. The summed E-state index contributed by atoms with van der Waals surface area (Å²) in [6, 6.07) is 19.4. The number of carbonyl (C=O) groups is 1. The van der Waals surface area contributed by atoms with Gasteiger partial charge >= 0.3 is 6.09 Å². The second-order valence-corrected chi connectivity index (χ2v) is 7.46. The third-order valence-corrected chi connectivity index (χ3v) is 4.02. The highest BCUT2D eigenvalue weighted by Crippen LogP contribution is 2.33. The first-order valence-electron chi connectivity index (χ1n) is 9.12. The maximum absolute atomic E-state index is 12.3. The SMILES string of the molecule is COc1ccc2cc(OCc3ccccc3)c(NC(=O)OC(C)(C)C)cc2c1. The van der Waals surface area contributed by atoms with Gasteiger partial charge in [-0.2, -0.15) is 0 Å². The van der Waals surface area contributed by atoms with Crippen LogP contribution in [0.5, 0.6) is 11.5 Å². The number of nitrogens with one attached hydrogen (secondary N) is 1. The van der Waals surface area contributed by atoms with Gasteiger partial charge in [-0.1, -0.05) is 36.4 Å². The molecule has 0 aromatic heterocycles. The standard InChI is InChI=1S/C23H25NO4/c1-23(2,3)28-22(25)24-20-13-18-12-19(26-4)11-10-17(18)14-21(20)27-15-16-8-6-5-7-9-16/h5-14H,15H2,1-4H3,(H,24,25). The molecule has 0 fully saturated rings. The summed E-state index contributed by atoms with van der Waals surface area (Å²) in [6.07, 6.45) is -0.528. The van der Waals surface area contributed by atoms with Crippen molar-refractivity contribution in [1.29, 1.82) is 0 Å². The molecule has 0 saturated carbocycles. The Morgan fingerprint density at radius 2 is 1.71 bits per heavy atom. The summed E-state index contributed by atoms with van der Waals surface area (Å²) in [5, 5.41) is 4.72. The number of amides is 1. The molecule has 5 heteroatoms. The molecule has 3 aromatic carbocycles. The van der Waals surface area contributed by atoms with Gasteiger partial charge in [0.2, 0.25) is 0 Å². The summed E-state index contributed by atoms with van der Waals surface area (Å²) in [4.78, 5) is 12.3. The van der Waals surface area contributed by atoms with E-state index >= 15 is 0 Å². The van der Waals surface area contributed by atoms with Crippen molar-refractivity contribution in [2.75, 3.05) is 12.4 Å². The van der Waals surface area contributed by atoms with Gasteiger partial charge in [0.25, 0.3) is 0 Å². The average Bonchev–Trinajstić information content (AvgIpc) is 2.65. The quantitative estimate of drug-likeness (QED) is 0.611. The van der Waals surface area contributed by atoms with Crippen molar-refractivity contribution < 1.29 is 19.0 Å². The monoisotopic (exact) mass is 379 g/mol. The summed E-state index contributed by atoms with van der Waals surface area (Å²) in [6.45, 7) is 5.87. The summed E-state index contributed by atoms with van der Waals surface area (Å²) < 4.78 is 16.7. The number of methoxy groups -OCH3 is 1. The van der Waals surface area contributed by atoms with Crippen LogP contribution in [0.25, 0.3) is 10.8 Å². The van der Waals surface area contributed by atoms with Gasteiger partial charge in [-0.25, -0.2) is 4.79 Å². The molecule has 3 aromatic rings. The lowest BCUT2D eigenvalue weighted by Gasteiger charge is -2.21. The summed E-state index contributed by atoms with van der Waals surface area (Å²) >= 11 is 0. The molecule has 1 amide bonds. The van der Waals surface area contributed by atoms with Gasteiger partial charge in [-0.05, 0) is 61.4 Å². The van der Waals surface area contributed by atoms with Crippen LogP contribution >= 0.6 is 0 Å². The summed E-state index contributed by atoms with van der Waals surface area (Å²) in [7, 11) is 1.62. The van der Waals surface area contributed by atoms with E-state index in [9.17, 15) is 4.79 Å². The van der Waals surface area contributed by atoms with E-state index < -0.39 is 11.7 Å². The lowest BCUT2D eigenvalue weighted by Crippen LogP contribution is -2.27. The maximum atomic E-state index is 12.3. The maximum Gasteiger partial charge on any atom is 0.412 e. The predicted octanol–water partition coefficient (Wildman–Crippen LogP) is 5.77. The minimum absolute atomic E-state index is 0.394. The molecular weight excluding hydrogens is 354 g/mol. The van der Waals surface area contributed by atoms with Crippen LogP contribution in [0.3, 0.4) is 0 Å². The fourth-order valence-electron chi connectivity index (χ4n) is 2.75. The Morgan fingerprint density at radius 1 is 0.964 bits per heavy atom. The molecule has 0 bridgehead atoms. The lowest BCUT2D eigenvalue weighted by molar-refractivity contribution is 0.0635. The molecule has 5 nitrogen and oxygen atoms in total. The van der Waals surface area contributed by atoms with E-state index in [2.05, 4.69) is 5.32 Å². The fraction of sp³-hybridized carbons (Fsp3) is 0.261. The van der Waals surface area contributed by atoms with Crippen LogP contribution in [0, 0.1) is 0 Å². The minimum Gasteiger partial charge on any atom is -0.497 e. The Kier molecular flexibility index (Phi) is 5.73. The Labute approximate surface area is 165 Å². The molecule has 0 saturated heterocycles. The van der Waals surface area contributed by atoms with Crippen LogP contribution in [0.15, 0.2) is 60.7 Å². The molecule has 0 aliphatic carbocycles. The van der Waals surface area contributed by atoms with E-state index in [1.54, 1.807) is 7.11 Å². The van der Waals surface area contributed by atoms with Gasteiger partial charge < -0.3 is 14.2 Å². The van der Waals surface area contributed by atoms with Gasteiger partial charge in [0, 0.05) is 0 Å². The van der Waals surface area contributed by atoms with Gasteiger partial charge in [0.05, 0.1) is 12.8 Å². The molecule has 0 aliphatic heterocycles. The highest BCUT2D eigenvalue weighted by molar-refractivity contribution is 5.95. The van der Waals surface area contributed by atoms with Crippen LogP contribution in [0.1, 0.15) is 26.3 Å². The smallest absolute Gasteiger partial charge is 0.412 e. The Bertz CT molecular complexity index is 961. The molecule has 1 N–H and O–H groups in total. The van der Waals surface area contributed by atoms with Crippen LogP contribution in [0.4, 0.5) is 10.5 Å². The zero-order valence-corrected chi connectivity index (χ0v) is 16.6. The van der Waals surface area contributed by atoms with Crippen LogP contribution in [-0.4, -0.2) is 18.8 Å². The van der Waals surface area contributed by atoms with Gasteiger partial charge in [0.1, 0.15) is 23.7 Å². The number of anilines is 1. The Hall–Kier alpha value is -3.21. The molecule has 0 unspecified atom stereocenters. The molecular formula is C23H25NO4. The number of benzene rings is 3. The van der Waals surface area contributed by atoms with Crippen molar-refractivity contribution in [3.63, 3.8) is 0 Å². The van der Waals surface area contributed by atoms with E-state index in [1.165, 1.54) is 0 Å². The van der Waals surface area contributed by atoms with E-state index in [4.69, 9.17) is 14.2 Å². The molecule has 0 radical (unpaired) electrons. The van der Waals surface area contributed by atoms with E-state index in [0.717, 1.165) is 22.1 Å². The average molecular weight is 379 g/mol. The second-order valence-electron chi connectivity index (χ2n) is 7.46. The molecule has 0 aliphatic rings. The van der Waals surface area contributed by atoms with E-state index in [0.29, 0.717) is 18.0 Å². The number of ether oxygens (including phenoxy) is 3. The van der Waals surface area contributed by atoms with Crippen LogP contribution < -0.4 is 14.8 Å². The molecule has 3 rings (SSSR count). The normalized spacial score (nSPS) is 11.1. The van der Waals surface area contributed by atoms with Crippen LogP contribution in [-0.2, 0) is 11.3 Å². The number of rotatable bonds is 5. The molecule has 0 heterocycles. The van der Waals surface area contributed by atoms with Gasteiger partial charge in [0.15, 0.2) is 0 Å². The van der Waals surface area contributed by atoms with Crippen LogP contribution in [0.2, 0.25) is 0 Å². The van der Waals surface area contributed by atoms with Gasteiger partial charge in [-0.3, -0.25) is 5.32 Å². The van der Waals surface area contributed by atoms with Crippen molar-refractivity contribution in [2.24, 2.45) is 0 Å². The van der Waals surface area contributed by atoms with E-state index in [1.807, 2.05) is 81.4 Å². The third-order valence-electron chi connectivity index (χ3n) is 4.02. The van der Waals surface area contributed by atoms with Crippen molar-refractivity contribution in [3.05, 3.63) is 66.2 Å². The second kappa shape index (κ2) is 8.21. The van der Waals surface area contributed by atoms with E-state index in [-0.39, 0.29) is 0 Å². The van der Waals surface area contributed by atoms with Crippen molar-refractivity contribution in [3.8, 4) is 11.5 Å². The molecule has 0 spiro atoms. The lowest BCUT2D eigenvalue weighted by atomic mass is 10.1. The zero-order valence-electron chi connectivity index (χ0n) is 16.6. The van der Waals surface area contributed by atoms with Gasteiger partial charge in [-0.15, -0.1) is 0 Å².